The van der Waals surface area contributed by atoms with Crippen molar-refractivity contribution in [2.24, 2.45) is 0 Å². The topological polar surface area (TPSA) is 3.24 Å². The number of hydrogen-bond acceptors (Lipinski definition) is 1. The first kappa shape index (κ1) is 28.3. The average molecular weight is 600 g/mol. The fourth-order valence-corrected chi connectivity index (χ4v) is 6.61. The van der Waals surface area contributed by atoms with E-state index in [0.717, 1.165) is 17.1 Å². The zero-order valence-electron chi connectivity index (χ0n) is 26.0. The van der Waals surface area contributed by atoms with Gasteiger partial charge in [-0.1, -0.05) is 170 Å². The van der Waals surface area contributed by atoms with Gasteiger partial charge in [0.15, 0.2) is 0 Å². The maximum Gasteiger partial charge on any atom is 0.0540 e. The molecule has 1 heteroatoms. The summed E-state index contributed by atoms with van der Waals surface area (Å²) in [6, 6.07) is 71.7. The molecule has 0 aromatic heterocycles. The quantitative estimate of drug-likeness (QED) is 0.176. The summed E-state index contributed by atoms with van der Waals surface area (Å²) in [7, 11) is 0. The van der Waals surface area contributed by atoms with Gasteiger partial charge in [-0.25, -0.2) is 0 Å². The molecule has 0 amide bonds. The van der Waals surface area contributed by atoms with Gasteiger partial charge in [0, 0.05) is 16.9 Å². The molecule has 0 heterocycles. The Morgan fingerprint density at radius 1 is 0.277 bits per heavy atom. The molecular formula is C46H33N. The summed E-state index contributed by atoms with van der Waals surface area (Å²) < 4.78 is 0. The molecule has 0 saturated carbocycles. The zero-order valence-corrected chi connectivity index (χ0v) is 26.0. The predicted octanol–water partition coefficient (Wildman–Crippen LogP) is 13.0. The molecular weight excluding hydrogens is 567 g/mol. The van der Waals surface area contributed by atoms with E-state index in [0.29, 0.717) is 0 Å². The average Bonchev–Trinajstić information content (AvgIpc) is 3.16. The first-order chi connectivity index (χ1) is 23.3. The smallest absolute Gasteiger partial charge is 0.0540 e. The Bertz CT molecular complexity index is 2250. The molecule has 1 nitrogen and oxygen atoms in total. The second-order valence-corrected chi connectivity index (χ2v) is 11.8. The summed E-state index contributed by atoms with van der Waals surface area (Å²) in [6.45, 7) is 0. The van der Waals surface area contributed by atoms with Gasteiger partial charge >= 0.3 is 0 Å². The molecule has 0 bridgehead atoms. The molecule has 0 aliphatic rings. The minimum Gasteiger partial charge on any atom is -0.310 e. The molecule has 8 aromatic rings. The number of fused-ring (bicyclic) bond motifs is 1. The Balaban J connectivity index is 1.24. The standard InChI is InChI=1S/C46H33N/c1-4-14-34(15-5-1)35-24-26-38(27-25-35)42-21-12-13-23-45(42)47(40-19-8-3-9-20-40)41-31-28-39(29-32-41)46-43-22-11-10-18-37(43)30-33-44(46)36-16-6-2-7-17-36/h1-33H. The molecule has 0 atom stereocenters. The second-order valence-electron chi connectivity index (χ2n) is 11.8. The van der Waals surface area contributed by atoms with Crippen molar-refractivity contribution in [2.75, 3.05) is 4.90 Å². The van der Waals surface area contributed by atoms with Crippen molar-refractivity contribution in [3.63, 3.8) is 0 Å². The fourth-order valence-electron chi connectivity index (χ4n) is 6.61. The number of para-hydroxylation sites is 2. The lowest BCUT2D eigenvalue weighted by Gasteiger charge is -2.28. The Morgan fingerprint density at radius 3 is 1.49 bits per heavy atom. The Kier molecular flexibility index (Phi) is 7.63. The highest BCUT2D eigenvalue weighted by Crippen LogP contribution is 2.43. The summed E-state index contributed by atoms with van der Waals surface area (Å²) in [5, 5.41) is 2.50. The van der Waals surface area contributed by atoms with Gasteiger partial charge in [0.1, 0.15) is 0 Å². The van der Waals surface area contributed by atoms with Gasteiger partial charge in [-0.05, 0) is 80.0 Å². The van der Waals surface area contributed by atoms with Crippen LogP contribution in [0.25, 0.3) is 55.3 Å². The van der Waals surface area contributed by atoms with Crippen LogP contribution < -0.4 is 4.90 Å². The third-order valence-electron chi connectivity index (χ3n) is 8.89. The molecule has 0 fully saturated rings. The van der Waals surface area contributed by atoms with Crippen LogP contribution in [0.15, 0.2) is 200 Å². The lowest BCUT2D eigenvalue weighted by molar-refractivity contribution is 1.28. The van der Waals surface area contributed by atoms with Gasteiger partial charge in [0.2, 0.25) is 0 Å². The molecule has 8 rings (SSSR count). The maximum absolute atomic E-state index is 2.37. The van der Waals surface area contributed by atoms with E-state index in [4.69, 9.17) is 0 Å². The van der Waals surface area contributed by atoms with Crippen molar-refractivity contribution in [3.8, 4) is 44.5 Å². The predicted molar refractivity (Wildman–Crippen MR) is 200 cm³/mol. The van der Waals surface area contributed by atoms with Crippen LogP contribution in [0.4, 0.5) is 17.1 Å². The molecule has 0 aliphatic carbocycles. The molecule has 0 N–H and O–H groups in total. The third kappa shape index (κ3) is 5.60. The summed E-state index contributed by atoms with van der Waals surface area (Å²) in [6.07, 6.45) is 0. The summed E-state index contributed by atoms with van der Waals surface area (Å²) in [5.74, 6) is 0. The monoisotopic (exact) mass is 599 g/mol. The van der Waals surface area contributed by atoms with E-state index < -0.39 is 0 Å². The molecule has 222 valence electrons. The van der Waals surface area contributed by atoms with E-state index in [1.807, 2.05) is 0 Å². The number of hydrogen-bond donors (Lipinski definition) is 0. The molecule has 0 unspecified atom stereocenters. The van der Waals surface area contributed by atoms with Crippen LogP contribution >= 0.6 is 0 Å². The SMILES string of the molecule is c1ccc(-c2ccc(-c3ccccc3N(c3ccccc3)c3ccc(-c4c(-c5ccccc5)ccc5ccccc45)cc3)cc2)cc1. The van der Waals surface area contributed by atoms with E-state index in [1.165, 1.54) is 55.3 Å². The van der Waals surface area contributed by atoms with Crippen molar-refractivity contribution >= 4 is 27.8 Å². The van der Waals surface area contributed by atoms with Crippen LogP contribution in [-0.4, -0.2) is 0 Å². The number of anilines is 3. The molecule has 0 spiro atoms. The highest BCUT2D eigenvalue weighted by atomic mass is 15.1. The van der Waals surface area contributed by atoms with Crippen molar-refractivity contribution in [1.82, 2.24) is 0 Å². The summed E-state index contributed by atoms with van der Waals surface area (Å²) in [5.41, 5.74) is 13.1. The third-order valence-corrected chi connectivity index (χ3v) is 8.89. The van der Waals surface area contributed by atoms with Crippen LogP contribution in [-0.2, 0) is 0 Å². The zero-order chi connectivity index (χ0) is 31.4. The van der Waals surface area contributed by atoms with Gasteiger partial charge in [0.25, 0.3) is 0 Å². The van der Waals surface area contributed by atoms with Crippen molar-refractivity contribution in [1.29, 1.82) is 0 Å². The van der Waals surface area contributed by atoms with Crippen LogP contribution in [0.1, 0.15) is 0 Å². The van der Waals surface area contributed by atoms with Crippen LogP contribution in [0.2, 0.25) is 0 Å². The first-order valence-corrected chi connectivity index (χ1v) is 16.1. The minimum atomic E-state index is 1.11. The Hall–Kier alpha value is -6.18. The molecule has 0 aliphatic heterocycles. The highest BCUT2D eigenvalue weighted by molar-refractivity contribution is 6.04. The van der Waals surface area contributed by atoms with Gasteiger partial charge in [0.05, 0.1) is 5.69 Å². The molecule has 0 radical (unpaired) electrons. The van der Waals surface area contributed by atoms with Crippen LogP contribution in [0.5, 0.6) is 0 Å². The van der Waals surface area contributed by atoms with E-state index in [-0.39, 0.29) is 0 Å². The normalized spacial score (nSPS) is 11.0. The van der Waals surface area contributed by atoms with Gasteiger partial charge in [-0.15, -0.1) is 0 Å². The number of benzene rings is 8. The minimum absolute atomic E-state index is 1.11. The Morgan fingerprint density at radius 2 is 0.766 bits per heavy atom. The van der Waals surface area contributed by atoms with Gasteiger partial charge < -0.3 is 4.90 Å². The second kappa shape index (κ2) is 12.7. The summed E-state index contributed by atoms with van der Waals surface area (Å²) in [4.78, 5) is 2.37. The largest absolute Gasteiger partial charge is 0.310 e. The van der Waals surface area contributed by atoms with Crippen molar-refractivity contribution < 1.29 is 0 Å². The van der Waals surface area contributed by atoms with E-state index in [9.17, 15) is 0 Å². The van der Waals surface area contributed by atoms with E-state index in [1.54, 1.807) is 0 Å². The molecule has 0 saturated heterocycles. The van der Waals surface area contributed by atoms with Crippen LogP contribution in [0, 0.1) is 0 Å². The summed E-state index contributed by atoms with van der Waals surface area (Å²) >= 11 is 0. The van der Waals surface area contributed by atoms with Gasteiger partial charge in [-0.3, -0.25) is 0 Å². The molecule has 8 aromatic carbocycles. The van der Waals surface area contributed by atoms with Crippen LogP contribution in [0.3, 0.4) is 0 Å². The number of rotatable bonds is 7. The van der Waals surface area contributed by atoms with E-state index >= 15 is 0 Å². The highest BCUT2D eigenvalue weighted by Gasteiger charge is 2.18. The first-order valence-electron chi connectivity index (χ1n) is 16.1. The lowest BCUT2D eigenvalue weighted by atomic mass is 9.89. The van der Waals surface area contributed by atoms with E-state index in [2.05, 4.69) is 205 Å². The fraction of sp³-hybridized carbons (Fsp3) is 0. The lowest BCUT2D eigenvalue weighted by Crippen LogP contribution is -2.11. The van der Waals surface area contributed by atoms with Gasteiger partial charge in [-0.2, -0.15) is 0 Å². The number of nitrogens with zero attached hydrogens (tertiary/aromatic N) is 1. The molecule has 47 heavy (non-hydrogen) atoms. The van der Waals surface area contributed by atoms with Crippen molar-refractivity contribution in [3.05, 3.63) is 200 Å². The van der Waals surface area contributed by atoms with Crippen molar-refractivity contribution in [2.45, 2.75) is 0 Å². The Labute approximate surface area is 276 Å². The maximum atomic E-state index is 2.37.